The van der Waals surface area contributed by atoms with E-state index < -0.39 is 0 Å². The third-order valence-electron chi connectivity index (χ3n) is 3.63. The number of nitrogens with one attached hydrogen (secondary N) is 2. The highest BCUT2D eigenvalue weighted by molar-refractivity contribution is 5.92. The van der Waals surface area contributed by atoms with E-state index in [0.717, 1.165) is 25.2 Å². The standard InChI is InChI=1S/C16H25N3O2/c1-2-17-15-10-6-9-14(19-15)16(20)18-11-12-21-13-7-4-3-5-8-13/h6,9-10,13H,2-5,7-8,11-12H2,1H3,(H,17,19)(H,18,20). The van der Waals surface area contributed by atoms with Gasteiger partial charge < -0.3 is 15.4 Å². The summed E-state index contributed by atoms with van der Waals surface area (Å²) in [6.07, 6.45) is 6.53. The first-order valence-corrected chi connectivity index (χ1v) is 7.90. The van der Waals surface area contributed by atoms with Gasteiger partial charge >= 0.3 is 0 Å². The van der Waals surface area contributed by atoms with Gasteiger partial charge in [-0.3, -0.25) is 4.79 Å². The Morgan fingerprint density at radius 1 is 1.33 bits per heavy atom. The fourth-order valence-corrected chi connectivity index (χ4v) is 2.55. The van der Waals surface area contributed by atoms with Gasteiger partial charge in [-0.05, 0) is 31.9 Å². The van der Waals surface area contributed by atoms with Crippen LogP contribution in [0.15, 0.2) is 18.2 Å². The lowest BCUT2D eigenvalue weighted by molar-refractivity contribution is 0.0299. The lowest BCUT2D eigenvalue weighted by atomic mass is 9.98. The van der Waals surface area contributed by atoms with Gasteiger partial charge in [-0.25, -0.2) is 4.98 Å². The maximum absolute atomic E-state index is 12.0. The van der Waals surface area contributed by atoms with Crippen molar-refractivity contribution in [2.75, 3.05) is 25.0 Å². The van der Waals surface area contributed by atoms with Crippen LogP contribution in [0.2, 0.25) is 0 Å². The van der Waals surface area contributed by atoms with E-state index in [1.165, 1.54) is 19.3 Å². The lowest BCUT2D eigenvalue weighted by Crippen LogP contribution is -2.30. The molecule has 0 aromatic carbocycles. The normalized spacial score (nSPS) is 15.7. The molecule has 5 heteroatoms. The van der Waals surface area contributed by atoms with E-state index >= 15 is 0 Å². The van der Waals surface area contributed by atoms with E-state index in [-0.39, 0.29) is 5.91 Å². The Balaban J connectivity index is 1.70. The molecule has 0 unspecified atom stereocenters. The van der Waals surface area contributed by atoms with Crippen LogP contribution in [0, 0.1) is 0 Å². The zero-order valence-electron chi connectivity index (χ0n) is 12.7. The Morgan fingerprint density at radius 3 is 2.90 bits per heavy atom. The number of hydrogen-bond acceptors (Lipinski definition) is 4. The van der Waals surface area contributed by atoms with E-state index in [1.54, 1.807) is 6.07 Å². The van der Waals surface area contributed by atoms with Crippen LogP contribution in [0.5, 0.6) is 0 Å². The number of hydrogen-bond donors (Lipinski definition) is 2. The predicted molar refractivity (Wildman–Crippen MR) is 83.6 cm³/mol. The first-order chi connectivity index (χ1) is 10.3. The summed E-state index contributed by atoms with van der Waals surface area (Å²) >= 11 is 0. The van der Waals surface area contributed by atoms with E-state index in [2.05, 4.69) is 15.6 Å². The summed E-state index contributed by atoms with van der Waals surface area (Å²) in [6.45, 7) is 3.89. The molecule has 1 saturated carbocycles. The van der Waals surface area contributed by atoms with E-state index in [4.69, 9.17) is 4.74 Å². The summed E-state index contributed by atoms with van der Waals surface area (Å²) in [7, 11) is 0. The topological polar surface area (TPSA) is 63.2 Å². The maximum atomic E-state index is 12.0. The van der Waals surface area contributed by atoms with Crippen LogP contribution < -0.4 is 10.6 Å². The van der Waals surface area contributed by atoms with Crippen molar-refractivity contribution in [2.24, 2.45) is 0 Å². The minimum Gasteiger partial charge on any atom is -0.376 e. The molecule has 0 saturated heterocycles. The van der Waals surface area contributed by atoms with Gasteiger partial charge in [0.25, 0.3) is 5.91 Å². The van der Waals surface area contributed by atoms with Crippen molar-refractivity contribution in [2.45, 2.75) is 45.1 Å². The van der Waals surface area contributed by atoms with Gasteiger partial charge in [0.2, 0.25) is 0 Å². The molecular weight excluding hydrogens is 266 g/mol. The third kappa shape index (κ3) is 5.34. The van der Waals surface area contributed by atoms with Gasteiger partial charge in [0.1, 0.15) is 11.5 Å². The highest BCUT2D eigenvalue weighted by Gasteiger charge is 2.13. The lowest BCUT2D eigenvalue weighted by Gasteiger charge is -2.21. The minimum absolute atomic E-state index is 0.151. The SMILES string of the molecule is CCNc1cccc(C(=O)NCCOC2CCCCC2)n1. The van der Waals surface area contributed by atoms with Crippen LogP contribution in [0.1, 0.15) is 49.5 Å². The van der Waals surface area contributed by atoms with Gasteiger partial charge in [-0.15, -0.1) is 0 Å². The second-order valence-corrected chi connectivity index (χ2v) is 5.33. The minimum atomic E-state index is -0.151. The molecule has 21 heavy (non-hydrogen) atoms. The first-order valence-electron chi connectivity index (χ1n) is 7.90. The fourth-order valence-electron chi connectivity index (χ4n) is 2.55. The number of ether oxygens (including phenoxy) is 1. The van der Waals surface area contributed by atoms with E-state index in [0.29, 0.717) is 24.9 Å². The average Bonchev–Trinajstić information content (AvgIpc) is 2.53. The van der Waals surface area contributed by atoms with E-state index in [1.807, 2.05) is 19.1 Å². The van der Waals surface area contributed by atoms with Gasteiger partial charge in [-0.2, -0.15) is 0 Å². The van der Waals surface area contributed by atoms with E-state index in [9.17, 15) is 4.79 Å². The number of carbonyl (C=O) groups excluding carboxylic acids is 1. The maximum Gasteiger partial charge on any atom is 0.270 e. The summed E-state index contributed by atoms with van der Waals surface area (Å²) in [6, 6.07) is 5.41. The van der Waals surface area contributed by atoms with Gasteiger partial charge in [0.05, 0.1) is 12.7 Å². The Bertz CT molecular complexity index is 445. The summed E-state index contributed by atoms with van der Waals surface area (Å²) in [5.41, 5.74) is 0.436. The van der Waals surface area contributed by atoms with Crippen LogP contribution in [0.4, 0.5) is 5.82 Å². The number of anilines is 1. The summed E-state index contributed by atoms with van der Waals surface area (Å²) in [4.78, 5) is 16.3. The van der Waals surface area contributed by atoms with Gasteiger partial charge in [-0.1, -0.05) is 25.3 Å². The molecule has 0 radical (unpaired) electrons. The van der Waals surface area contributed by atoms with Crippen LogP contribution in [-0.4, -0.2) is 36.7 Å². The molecule has 0 aliphatic heterocycles. The molecule has 5 nitrogen and oxygen atoms in total. The summed E-state index contributed by atoms with van der Waals surface area (Å²) in [5, 5.41) is 5.95. The molecule has 2 rings (SSSR count). The van der Waals surface area contributed by atoms with Crippen molar-refractivity contribution in [3.63, 3.8) is 0 Å². The fraction of sp³-hybridized carbons (Fsp3) is 0.625. The number of nitrogens with zero attached hydrogens (tertiary/aromatic N) is 1. The van der Waals surface area contributed by atoms with Crippen molar-refractivity contribution in [3.05, 3.63) is 23.9 Å². The molecule has 1 aromatic heterocycles. The van der Waals surface area contributed by atoms with Crippen LogP contribution in [-0.2, 0) is 4.74 Å². The highest BCUT2D eigenvalue weighted by Crippen LogP contribution is 2.19. The van der Waals surface area contributed by atoms with Crippen molar-refractivity contribution >= 4 is 11.7 Å². The molecule has 1 aliphatic carbocycles. The van der Waals surface area contributed by atoms with Crippen molar-refractivity contribution in [1.82, 2.24) is 10.3 Å². The zero-order valence-corrected chi connectivity index (χ0v) is 12.7. The molecule has 0 spiro atoms. The first kappa shape index (κ1) is 15.8. The molecule has 0 bridgehead atoms. The molecule has 2 N–H and O–H groups in total. The Hall–Kier alpha value is -1.62. The Morgan fingerprint density at radius 2 is 2.14 bits per heavy atom. The number of pyridine rings is 1. The summed E-state index contributed by atoms with van der Waals surface area (Å²) < 4.78 is 5.78. The number of aromatic nitrogens is 1. The van der Waals surface area contributed by atoms with Crippen molar-refractivity contribution in [1.29, 1.82) is 0 Å². The van der Waals surface area contributed by atoms with Crippen molar-refractivity contribution < 1.29 is 9.53 Å². The number of carbonyl (C=O) groups is 1. The summed E-state index contributed by atoms with van der Waals surface area (Å²) in [5.74, 6) is 0.575. The second kappa shape index (κ2) is 8.62. The molecule has 1 heterocycles. The number of rotatable bonds is 7. The quantitative estimate of drug-likeness (QED) is 0.758. The second-order valence-electron chi connectivity index (χ2n) is 5.33. The van der Waals surface area contributed by atoms with Crippen LogP contribution >= 0.6 is 0 Å². The molecule has 1 fully saturated rings. The molecule has 1 aliphatic rings. The molecule has 0 atom stereocenters. The molecule has 116 valence electrons. The highest BCUT2D eigenvalue weighted by atomic mass is 16.5. The molecule has 1 amide bonds. The largest absolute Gasteiger partial charge is 0.376 e. The Kier molecular flexibility index (Phi) is 6.47. The molecule has 1 aromatic rings. The average molecular weight is 291 g/mol. The monoisotopic (exact) mass is 291 g/mol. The van der Waals surface area contributed by atoms with Gasteiger partial charge in [0, 0.05) is 13.1 Å². The third-order valence-corrected chi connectivity index (χ3v) is 3.63. The van der Waals surface area contributed by atoms with Crippen LogP contribution in [0.3, 0.4) is 0 Å². The number of amides is 1. The smallest absolute Gasteiger partial charge is 0.270 e. The molecular formula is C16H25N3O2. The predicted octanol–water partition coefficient (Wildman–Crippen LogP) is 2.59. The Labute approximate surface area is 126 Å². The van der Waals surface area contributed by atoms with Crippen LogP contribution in [0.25, 0.3) is 0 Å². The van der Waals surface area contributed by atoms with Gasteiger partial charge in [0.15, 0.2) is 0 Å². The zero-order chi connectivity index (χ0) is 14.9. The van der Waals surface area contributed by atoms with Crippen molar-refractivity contribution in [3.8, 4) is 0 Å².